The molecule has 1 aliphatic rings. The molecule has 4 rings (SSSR count). The SMILES string of the molecule is O=C(c1ccncc1)N1CC[C@H](c2nc(-c3ccncc3)cc(=O)[nH]2)C1. The van der Waals surface area contributed by atoms with Crippen LogP contribution in [0.3, 0.4) is 0 Å². The molecule has 130 valence electrons. The second-order valence-electron chi connectivity index (χ2n) is 6.22. The van der Waals surface area contributed by atoms with Crippen molar-refractivity contribution in [3.05, 3.63) is 76.9 Å². The van der Waals surface area contributed by atoms with Crippen LogP contribution in [-0.2, 0) is 0 Å². The average Bonchev–Trinajstić information content (AvgIpc) is 3.18. The van der Waals surface area contributed by atoms with Gasteiger partial charge in [-0.1, -0.05) is 0 Å². The van der Waals surface area contributed by atoms with E-state index in [2.05, 4.69) is 19.9 Å². The van der Waals surface area contributed by atoms with Crippen molar-refractivity contribution < 1.29 is 4.79 Å². The predicted octanol–water partition coefficient (Wildman–Crippen LogP) is 1.86. The molecule has 1 fully saturated rings. The smallest absolute Gasteiger partial charge is 0.253 e. The maximum absolute atomic E-state index is 12.6. The fraction of sp³-hybridized carbons (Fsp3) is 0.211. The van der Waals surface area contributed by atoms with Gasteiger partial charge in [0.25, 0.3) is 11.5 Å². The van der Waals surface area contributed by atoms with Gasteiger partial charge < -0.3 is 9.88 Å². The van der Waals surface area contributed by atoms with Crippen LogP contribution in [0.2, 0.25) is 0 Å². The summed E-state index contributed by atoms with van der Waals surface area (Å²) >= 11 is 0. The fourth-order valence-corrected chi connectivity index (χ4v) is 3.19. The van der Waals surface area contributed by atoms with Crippen molar-refractivity contribution in [1.29, 1.82) is 0 Å². The molecular weight excluding hydrogens is 330 g/mol. The Balaban J connectivity index is 1.57. The topological polar surface area (TPSA) is 91.8 Å². The molecule has 0 radical (unpaired) electrons. The summed E-state index contributed by atoms with van der Waals surface area (Å²) in [6.45, 7) is 1.17. The number of carbonyl (C=O) groups excluding carboxylic acids is 1. The average molecular weight is 347 g/mol. The minimum atomic E-state index is -0.194. The Hall–Kier alpha value is -3.35. The lowest BCUT2D eigenvalue weighted by atomic mass is 10.1. The Morgan fingerprint density at radius 1 is 1.08 bits per heavy atom. The summed E-state index contributed by atoms with van der Waals surface area (Å²) < 4.78 is 0. The largest absolute Gasteiger partial charge is 0.338 e. The minimum absolute atomic E-state index is 0.00951. The first-order chi connectivity index (χ1) is 12.7. The number of nitrogens with one attached hydrogen (secondary N) is 1. The predicted molar refractivity (Wildman–Crippen MR) is 95.6 cm³/mol. The molecule has 4 heterocycles. The van der Waals surface area contributed by atoms with Crippen molar-refractivity contribution in [2.24, 2.45) is 0 Å². The van der Waals surface area contributed by atoms with Crippen molar-refractivity contribution in [3.63, 3.8) is 0 Å². The van der Waals surface area contributed by atoms with Gasteiger partial charge >= 0.3 is 0 Å². The lowest BCUT2D eigenvalue weighted by molar-refractivity contribution is 0.0790. The van der Waals surface area contributed by atoms with Crippen LogP contribution in [0.5, 0.6) is 0 Å². The van der Waals surface area contributed by atoms with E-state index in [1.807, 2.05) is 12.1 Å². The fourth-order valence-electron chi connectivity index (χ4n) is 3.19. The Morgan fingerprint density at radius 2 is 1.77 bits per heavy atom. The molecule has 1 amide bonds. The van der Waals surface area contributed by atoms with Crippen LogP contribution in [0.25, 0.3) is 11.3 Å². The van der Waals surface area contributed by atoms with Crippen LogP contribution in [0, 0.1) is 0 Å². The molecule has 1 atom stereocenters. The Bertz CT molecular complexity index is 972. The molecule has 0 saturated carbocycles. The summed E-state index contributed by atoms with van der Waals surface area (Å²) in [5.41, 5.74) is 1.88. The van der Waals surface area contributed by atoms with Crippen LogP contribution < -0.4 is 5.56 Å². The number of nitrogens with zero attached hydrogens (tertiary/aromatic N) is 4. The highest BCUT2D eigenvalue weighted by molar-refractivity contribution is 5.94. The number of rotatable bonds is 3. The first kappa shape index (κ1) is 16.1. The summed E-state index contributed by atoms with van der Waals surface area (Å²) in [7, 11) is 0. The van der Waals surface area contributed by atoms with Gasteiger partial charge in [-0.25, -0.2) is 4.98 Å². The Morgan fingerprint density at radius 3 is 2.50 bits per heavy atom. The first-order valence-corrected chi connectivity index (χ1v) is 8.41. The Kier molecular flexibility index (Phi) is 4.27. The van der Waals surface area contributed by atoms with Gasteiger partial charge in [-0.05, 0) is 30.7 Å². The van der Waals surface area contributed by atoms with Gasteiger partial charge in [0.05, 0.1) is 5.69 Å². The van der Waals surface area contributed by atoms with Crippen LogP contribution in [0.15, 0.2) is 59.9 Å². The van der Waals surface area contributed by atoms with E-state index in [1.54, 1.807) is 41.8 Å². The molecular formula is C19H17N5O2. The van der Waals surface area contributed by atoms with E-state index in [9.17, 15) is 9.59 Å². The van der Waals surface area contributed by atoms with E-state index in [0.717, 1.165) is 12.0 Å². The van der Waals surface area contributed by atoms with E-state index < -0.39 is 0 Å². The molecule has 0 unspecified atom stereocenters. The maximum Gasteiger partial charge on any atom is 0.253 e. The van der Waals surface area contributed by atoms with E-state index in [-0.39, 0.29) is 17.4 Å². The second-order valence-corrected chi connectivity index (χ2v) is 6.22. The second kappa shape index (κ2) is 6.87. The zero-order valence-corrected chi connectivity index (χ0v) is 14.0. The van der Waals surface area contributed by atoms with Gasteiger partial charge in [0.15, 0.2) is 0 Å². The van der Waals surface area contributed by atoms with Crippen LogP contribution >= 0.6 is 0 Å². The number of aromatic nitrogens is 4. The summed E-state index contributed by atoms with van der Waals surface area (Å²) in [5, 5.41) is 0. The summed E-state index contributed by atoms with van der Waals surface area (Å²) in [6, 6.07) is 8.53. The van der Waals surface area contributed by atoms with Crippen molar-refractivity contribution in [2.45, 2.75) is 12.3 Å². The molecule has 1 N–H and O–H groups in total. The summed E-state index contributed by atoms with van der Waals surface area (Å²) in [6.07, 6.45) is 7.32. The lowest BCUT2D eigenvalue weighted by Gasteiger charge is -2.16. The third kappa shape index (κ3) is 3.23. The van der Waals surface area contributed by atoms with Crippen molar-refractivity contribution >= 4 is 5.91 Å². The van der Waals surface area contributed by atoms with Crippen LogP contribution in [0.1, 0.15) is 28.5 Å². The van der Waals surface area contributed by atoms with Gasteiger partial charge in [0.1, 0.15) is 5.82 Å². The van der Waals surface area contributed by atoms with E-state index in [4.69, 9.17) is 0 Å². The molecule has 3 aromatic rings. The third-order valence-corrected chi connectivity index (χ3v) is 4.53. The summed E-state index contributed by atoms with van der Waals surface area (Å²) in [4.78, 5) is 41.8. The molecule has 1 saturated heterocycles. The molecule has 1 aliphatic heterocycles. The monoisotopic (exact) mass is 347 g/mol. The minimum Gasteiger partial charge on any atom is -0.338 e. The zero-order chi connectivity index (χ0) is 17.9. The van der Waals surface area contributed by atoms with Gasteiger partial charge in [0, 0.05) is 61.0 Å². The standard InChI is InChI=1S/C19H17N5O2/c25-17-11-16(13-1-6-20-7-2-13)22-18(23-17)15-5-10-24(12-15)19(26)14-3-8-21-9-4-14/h1-4,6-9,11,15H,5,10,12H2,(H,22,23,25)/t15-/m0/s1. The van der Waals surface area contributed by atoms with E-state index >= 15 is 0 Å². The maximum atomic E-state index is 12.6. The molecule has 0 aromatic carbocycles. The molecule has 3 aromatic heterocycles. The normalized spacial score (nSPS) is 16.6. The highest BCUT2D eigenvalue weighted by atomic mass is 16.2. The quantitative estimate of drug-likeness (QED) is 0.781. The first-order valence-electron chi connectivity index (χ1n) is 8.41. The molecule has 26 heavy (non-hydrogen) atoms. The highest BCUT2D eigenvalue weighted by Crippen LogP contribution is 2.26. The van der Waals surface area contributed by atoms with E-state index in [0.29, 0.717) is 30.2 Å². The van der Waals surface area contributed by atoms with Crippen molar-refractivity contribution in [2.75, 3.05) is 13.1 Å². The van der Waals surface area contributed by atoms with E-state index in [1.165, 1.54) is 6.07 Å². The number of amides is 1. The summed E-state index contributed by atoms with van der Waals surface area (Å²) in [5.74, 6) is 0.604. The molecule has 0 spiro atoms. The van der Waals surface area contributed by atoms with Gasteiger partial charge in [-0.2, -0.15) is 0 Å². The number of H-pyrrole nitrogens is 1. The number of aromatic amines is 1. The number of hydrogen-bond acceptors (Lipinski definition) is 5. The Labute approximate surface area is 149 Å². The third-order valence-electron chi connectivity index (χ3n) is 4.53. The molecule has 0 aliphatic carbocycles. The molecule has 7 nitrogen and oxygen atoms in total. The molecule has 0 bridgehead atoms. The molecule has 7 heteroatoms. The number of pyridine rings is 2. The number of hydrogen-bond donors (Lipinski definition) is 1. The van der Waals surface area contributed by atoms with Gasteiger partial charge in [-0.3, -0.25) is 19.6 Å². The van der Waals surface area contributed by atoms with Crippen molar-refractivity contribution in [1.82, 2.24) is 24.8 Å². The van der Waals surface area contributed by atoms with Gasteiger partial charge in [-0.15, -0.1) is 0 Å². The van der Waals surface area contributed by atoms with Crippen LogP contribution in [-0.4, -0.2) is 43.8 Å². The number of carbonyl (C=O) groups is 1. The van der Waals surface area contributed by atoms with Gasteiger partial charge in [0.2, 0.25) is 0 Å². The van der Waals surface area contributed by atoms with Crippen LogP contribution in [0.4, 0.5) is 0 Å². The van der Waals surface area contributed by atoms with Crippen molar-refractivity contribution in [3.8, 4) is 11.3 Å². The lowest BCUT2D eigenvalue weighted by Crippen LogP contribution is -2.28. The highest BCUT2D eigenvalue weighted by Gasteiger charge is 2.29. The number of likely N-dealkylation sites (tertiary alicyclic amines) is 1. The zero-order valence-electron chi connectivity index (χ0n) is 14.0.